The number of benzene rings is 1. The van der Waals surface area contributed by atoms with Crippen molar-refractivity contribution >= 4 is 46.6 Å². The molecule has 21 heavy (non-hydrogen) atoms. The van der Waals surface area contributed by atoms with Crippen LogP contribution in [0.3, 0.4) is 0 Å². The summed E-state index contributed by atoms with van der Waals surface area (Å²) in [5.41, 5.74) is 0.522. The molecule has 0 spiro atoms. The molecule has 0 amide bonds. The maximum atomic E-state index is 12.7. The van der Waals surface area contributed by atoms with Crippen LogP contribution in [-0.2, 0) is 6.18 Å². The van der Waals surface area contributed by atoms with E-state index < -0.39 is 16.8 Å². The number of hydrogen-bond acceptors (Lipinski definition) is 3. The van der Waals surface area contributed by atoms with Gasteiger partial charge in [0.05, 0.1) is 10.6 Å². The monoisotopic (exact) mass is 334 g/mol. The first-order valence-corrected chi connectivity index (χ1v) is 6.35. The number of fused-ring (bicyclic) bond motifs is 1. The van der Waals surface area contributed by atoms with Crippen molar-refractivity contribution in [2.75, 3.05) is 0 Å². The van der Waals surface area contributed by atoms with Crippen molar-refractivity contribution in [3.8, 4) is 0 Å². The molecule has 0 fully saturated rings. The maximum Gasteiger partial charge on any atom is 0.417 e. The summed E-state index contributed by atoms with van der Waals surface area (Å²) < 4.78 is 43.4. The van der Waals surface area contributed by atoms with Gasteiger partial charge in [0.25, 0.3) is 0 Å². The van der Waals surface area contributed by atoms with Gasteiger partial charge in [0.1, 0.15) is 5.52 Å². The minimum absolute atomic E-state index is 0.0731. The third-order valence-electron chi connectivity index (χ3n) is 2.35. The van der Waals surface area contributed by atoms with Crippen molar-refractivity contribution in [3.05, 3.63) is 46.4 Å². The van der Waals surface area contributed by atoms with Crippen LogP contribution < -0.4 is 0 Å². The zero-order valence-electron chi connectivity index (χ0n) is 10.2. The molecule has 2 aromatic rings. The molecule has 0 aliphatic rings. The van der Waals surface area contributed by atoms with Crippen LogP contribution >= 0.6 is 23.2 Å². The molecule has 0 aliphatic carbocycles. The van der Waals surface area contributed by atoms with Gasteiger partial charge in [-0.2, -0.15) is 13.2 Å². The van der Waals surface area contributed by atoms with Crippen LogP contribution in [0, 0.1) is 0 Å². The van der Waals surface area contributed by atoms with Crippen LogP contribution in [0.2, 0.25) is 5.02 Å². The maximum absolute atomic E-state index is 12.7. The lowest BCUT2D eigenvalue weighted by Crippen LogP contribution is -2.05. The van der Waals surface area contributed by atoms with Crippen LogP contribution in [0.5, 0.6) is 0 Å². The molecule has 1 aromatic heterocycles. The van der Waals surface area contributed by atoms with E-state index in [0.29, 0.717) is 0 Å². The zero-order chi connectivity index (χ0) is 15.5. The van der Waals surface area contributed by atoms with Crippen molar-refractivity contribution in [2.24, 2.45) is 4.99 Å². The highest BCUT2D eigenvalue weighted by Crippen LogP contribution is 2.37. The summed E-state index contributed by atoms with van der Waals surface area (Å²) in [5.74, 6) is 0.140. The Labute approximate surface area is 127 Å². The van der Waals surface area contributed by atoms with Gasteiger partial charge in [0.2, 0.25) is 5.89 Å². The van der Waals surface area contributed by atoms with Crippen LogP contribution in [0.4, 0.5) is 13.2 Å². The molecule has 0 aliphatic heterocycles. The number of aliphatic imine (C=N–C) groups is 1. The first kappa shape index (κ1) is 15.6. The molecule has 0 unspecified atom stereocenters. The second kappa shape index (κ2) is 6.32. The van der Waals surface area contributed by atoms with Gasteiger partial charge >= 0.3 is 6.18 Å². The summed E-state index contributed by atoms with van der Waals surface area (Å²) in [6.45, 7) is 0. The molecule has 110 valence electrons. The molecule has 0 bridgehead atoms. The molecule has 0 radical (unpaired) electrons. The summed E-state index contributed by atoms with van der Waals surface area (Å²) >= 11 is 10.9. The standard InChI is InChI=1S/C13H7Cl2F3N2O/c14-3-5-19-4-1-2-12-20-10-6-8(13(16,17)18)9(15)7-11(10)21-12/h1-7H. The van der Waals surface area contributed by atoms with E-state index in [4.69, 9.17) is 27.6 Å². The number of nitrogens with zero attached hydrogens (tertiary/aromatic N) is 2. The minimum Gasteiger partial charge on any atom is -0.437 e. The van der Waals surface area contributed by atoms with Crippen molar-refractivity contribution in [1.29, 1.82) is 0 Å². The van der Waals surface area contributed by atoms with E-state index in [2.05, 4.69) is 9.98 Å². The lowest BCUT2D eigenvalue weighted by atomic mass is 10.2. The van der Waals surface area contributed by atoms with Crippen molar-refractivity contribution in [2.45, 2.75) is 6.18 Å². The Morgan fingerprint density at radius 1 is 1.29 bits per heavy atom. The average molecular weight is 335 g/mol. The molecular weight excluding hydrogens is 328 g/mol. The van der Waals surface area contributed by atoms with Gasteiger partial charge in [-0.25, -0.2) is 4.98 Å². The normalized spacial score (nSPS) is 13.4. The second-order valence-electron chi connectivity index (χ2n) is 3.78. The first-order valence-electron chi connectivity index (χ1n) is 5.54. The van der Waals surface area contributed by atoms with Gasteiger partial charge in [-0.3, -0.25) is 4.99 Å². The quantitative estimate of drug-likeness (QED) is 0.715. The smallest absolute Gasteiger partial charge is 0.417 e. The SMILES string of the molecule is FC(F)(F)c1cc2nc(C=CC=NC=CCl)oc2cc1Cl. The molecule has 1 heterocycles. The van der Waals surface area contributed by atoms with Gasteiger partial charge in [-0.05, 0) is 12.1 Å². The van der Waals surface area contributed by atoms with Crippen LogP contribution in [0.25, 0.3) is 17.2 Å². The fourth-order valence-electron chi connectivity index (χ4n) is 1.51. The van der Waals surface area contributed by atoms with E-state index in [9.17, 15) is 13.2 Å². The topological polar surface area (TPSA) is 38.4 Å². The predicted octanol–water partition coefficient (Wildman–Crippen LogP) is 5.29. The van der Waals surface area contributed by atoms with Crippen molar-refractivity contribution in [1.82, 2.24) is 4.98 Å². The number of oxazole rings is 1. The summed E-state index contributed by atoms with van der Waals surface area (Å²) in [6.07, 6.45) is 1.19. The van der Waals surface area contributed by atoms with Gasteiger partial charge < -0.3 is 4.42 Å². The third-order valence-corrected chi connectivity index (χ3v) is 2.78. The number of allylic oxidation sites excluding steroid dienone is 1. The summed E-state index contributed by atoms with van der Waals surface area (Å²) in [5, 5.41) is -0.435. The Balaban J connectivity index is 2.34. The van der Waals surface area contributed by atoms with E-state index in [-0.39, 0.29) is 17.0 Å². The largest absolute Gasteiger partial charge is 0.437 e. The second-order valence-corrected chi connectivity index (χ2v) is 4.44. The highest BCUT2D eigenvalue weighted by Gasteiger charge is 2.34. The molecule has 0 atom stereocenters. The summed E-state index contributed by atoms with van der Waals surface area (Å²) in [4.78, 5) is 7.68. The Morgan fingerprint density at radius 3 is 2.71 bits per heavy atom. The number of rotatable bonds is 3. The van der Waals surface area contributed by atoms with Gasteiger partial charge in [0.15, 0.2) is 5.58 Å². The fraction of sp³-hybridized carbons (Fsp3) is 0.0769. The van der Waals surface area contributed by atoms with E-state index in [1.807, 2.05) is 0 Å². The highest BCUT2D eigenvalue weighted by molar-refractivity contribution is 6.32. The molecule has 0 saturated carbocycles. The Morgan fingerprint density at radius 2 is 2.05 bits per heavy atom. The summed E-state index contributed by atoms with van der Waals surface area (Å²) in [7, 11) is 0. The predicted molar refractivity (Wildman–Crippen MR) is 76.5 cm³/mol. The van der Waals surface area contributed by atoms with Crippen molar-refractivity contribution in [3.63, 3.8) is 0 Å². The number of aromatic nitrogens is 1. The molecule has 0 N–H and O–H groups in total. The van der Waals surface area contributed by atoms with Crippen LogP contribution in [0.15, 0.2) is 39.4 Å². The van der Waals surface area contributed by atoms with E-state index in [1.54, 1.807) is 0 Å². The number of halogens is 5. The Bertz CT molecular complexity index is 733. The highest BCUT2D eigenvalue weighted by atomic mass is 35.5. The Hall–Kier alpha value is -1.79. The van der Waals surface area contributed by atoms with Gasteiger partial charge in [-0.15, -0.1) is 0 Å². The van der Waals surface area contributed by atoms with Crippen LogP contribution in [0.1, 0.15) is 11.5 Å². The van der Waals surface area contributed by atoms with Crippen LogP contribution in [-0.4, -0.2) is 11.2 Å². The first-order chi connectivity index (χ1) is 9.91. The fourth-order valence-corrected chi connectivity index (χ4v) is 1.84. The Kier molecular flexibility index (Phi) is 4.69. The zero-order valence-corrected chi connectivity index (χ0v) is 11.7. The molecule has 3 nitrogen and oxygen atoms in total. The third kappa shape index (κ3) is 3.86. The lowest BCUT2D eigenvalue weighted by Gasteiger charge is -2.07. The van der Waals surface area contributed by atoms with Gasteiger partial charge in [0, 0.05) is 30.1 Å². The molecule has 2 rings (SSSR count). The van der Waals surface area contributed by atoms with E-state index in [1.165, 1.54) is 30.1 Å². The molecule has 8 heteroatoms. The van der Waals surface area contributed by atoms with E-state index >= 15 is 0 Å². The van der Waals surface area contributed by atoms with E-state index in [0.717, 1.165) is 12.1 Å². The van der Waals surface area contributed by atoms with Crippen molar-refractivity contribution < 1.29 is 17.6 Å². The summed E-state index contributed by atoms with van der Waals surface area (Å²) in [6, 6.07) is 1.94. The molecular formula is C13H7Cl2F3N2O. The average Bonchev–Trinajstić information content (AvgIpc) is 2.78. The molecule has 1 aromatic carbocycles. The number of alkyl halides is 3. The minimum atomic E-state index is -4.54. The van der Waals surface area contributed by atoms with Gasteiger partial charge in [-0.1, -0.05) is 23.2 Å². The number of hydrogen-bond donors (Lipinski definition) is 0. The molecule has 0 saturated heterocycles. The lowest BCUT2D eigenvalue weighted by molar-refractivity contribution is -0.137.